The molecule has 5 rings (SSSR count). The molecule has 198 valence electrons. The zero-order valence-electron chi connectivity index (χ0n) is 20.5. The molecule has 35 heavy (non-hydrogen) atoms. The molecule has 0 amide bonds. The molecule has 1 aliphatic heterocycles. The molecule has 4 aliphatic carbocycles. The van der Waals surface area contributed by atoms with E-state index >= 15 is 0 Å². The number of hydrogen-bond donors (Lipinski definition) is 6. The van der Waals surface area contributed by atoms with Gasteiger partial charge in [-0.25, -0.2) is 0 Å². The molecule has 0 aromatic carbocycles. The lowest BCUT2D eigenvalue weighted by Crippen LogP contribution is -2.64. The molecule has 9 nitrogen and oxygen atoms in total. The summed E-state index contributed by atoms with van der Waals surface area (Å²) in [6, 6.07) is 0. The molecule has 0 unspecified atom stereocenters. The number of carbonyl (C=O) groups is 1. The van der Waals surface area contributed by atoms with Gasteiger partial charge in [-0.1, -0.05) is 19.4 Å². The highest BCUT2D eigenvalue weighted by Gasteiger charge is 2.67. The van der Waals surface area contributed by atoms with Gasteiger partial charge < -0.3 is 40.1 Å². The number of hydrogen-bond acceptors (Lipinski definition) is 9. The second-order valence-electron chi connectivity index (χ2n) is 12.2. The highest BCUT2D eigenvalue weighted by atomic mass is 16.7. The van der Waals surface area contributed by atoms with Crippen molar-refractivity contribution in [3.8, 4) is 0 Å². The summed E-state index contributed by atoms with van der Waals surface area (Å²) in [4.78, 5) is 13.7. The summed E-state index contributed by atoms with van der Waals surface area (Å²) in [5, 5.41) is 61.4. The van der Waals surface area contributed by atoms with Crippen molar-refractivity contribution in [1.82, 2.24) is 0 Å². The van der Waals surface area contributed by atoms with Crippen LogP contribution in [0.15, 0.2) is 11.6 Å². The average molecular weight is 497 g/mol. The molecule has 1 saturated heterocycles. The monoisotopic (exact) mass is 496 g/mol. The number of aliphatic hydroxyl groups is 6. The Balaban J connectivity index is 1.42. The van der Waals surface area contributed by atoms with Crippen molar-refractivity contribution in [2.24, 2.45) is 34.0 Å². The van der Waals surface area contributed by atoms with Crippen molar-refractivity contribution in [2.75, 3.05) is 13.2 Å². The van der Waals surface area contributed by atoms with Gasteiger partial charge >= 0.3 is 5.97 Å². The summed E-state index contributed by atoms with van der Waals surface area (Å²) < 4.78 is 11.1. The van der Waals surface area contributed by atoms with Crippen molar-refractivity contribution in [3.05, 3.63) is 11.6 Å². The average Bonchev–Trinajstić information content (AvgIpc) is 3.12. The van der Waals surface area contributed by atoms with Crippen LogP contribution in [-0.4, -0.2) is 86.6 Å². The van der Waals surface area contributed by atoms with Crippen LogP contribution in [0.3, 0.4) is 0 Å². The van der Waals surface area contributed by atoms with Crippen molar-refractivity contribution >= 4 is 5.97 Å². The molecule has 1 spiro atoms. The van der Waals surface area contributed by atoms with Crippen LogP contribution >= 0.6 is 0 Å². The first-order chi connectivity index (χ1) is 16.5. The van der Waals surface area contributed by atoms with E-state index in [0.717, 1.165) is 37.7 Å². The lowest BCUT2D eigenvalue weighted by atomic mass is 9.40. The van der Waals surface area contributed by atoms with Crippen LogP contribution in [-0.2, 0) is 14.3 Å². The molecule has 2 bridgehead atoms. The standard InChI is InChI=1S/C26H40O9/c1-24-6-3-7-25(2,23(33)35-22-21(32)20(31)19(30)15(12-28)34-22)17(24)8-18(29)26-9-13(4-5-16(24)26)14(10-26)11-27/h10,13,15-22,27-32H,3-9,11-12H2,1-2H3/t13-,15-,16+,17+,18+,19-,20+,21-,22+,24+,25-,26-/m1/s1. The van der Waals surface area contributed by atoms with Gasteiger partial charge in [-0.15, -0.1) is 0 Å². The minimum Gasteiger partial charge on any atom is -0.432 e. The van der Waals surface area contributed by atoms with Gasteiger partial charge in [0.2, 0.25) is 6.29 Å². The predicted octanol–water partition coefficient (Wildman–Crippen LogP) is 0.242. The first-order valence-electron chi connectivity index (χ1n) is 13.0. The quantitative estimate of drug-likeness (QED) is 0.237. The van der Waals surface area contributed by atoms with Crippen LogP contribution in [0.5, 0.6) is 0 Å². The Bertz CT molecular complexity index is 875. The Hall–Kier alpha value is -1.07. The van der Waals surface area contributed by atoms with Gasteiger partial charge in [0.15, 0.2) is 0 Å². The fourth-order valence-corrected chi connectivity index (χ4v) is 8.78. The van der Waals surface area contributed by atoms with Crippen LogP contribution in [0.2, 0.25) is 0 Å². The Morgan fingerprint density at radius 3 is 2.49 bits per heavy atom. The number of ether oxygens (including phenoxy) is 2. The normalized spacial score (nSPS) is 53.4. The molecule has 0 aromatic heterocycles. The third-order valence-corrected chi connectivity index (χ3v) is 10.6. The molecule has 3 saturated carbocycles. The molecule has 6 N–H and O–H groups in total. The van der Waals surface area contributed by atoms with Crippen molar-refractivity contribution in [1.29, 1.82) is 0 Å². The van der Waals surface area contributed by atoms with Crippen LogP contribution in [0.1, 0.15) is 58.8 Å². The van der Waals surface area contributed by atoms with E-state index in [9.17, 15) is 35.4 Å². The third kappa shape index (κ3) is 3.57. The predicted molar refractivity (Wildman–Crippen MR) is 122 cm³/mol. The van der Waals surface area contributed by atoms with E-state index in [1.165, 1.54) is 0 Å². The van der Waals surface area contributed by atoms with E-state index in [1.807, 2.05) is 6.92 Å². The SMILES string of the molecule is C[C@@]12CCC[C@@](C)(C(=O)O[C@@H]3O[C@H](CO)[C@@H](O)[C@H](O)[C@H]3O)[C@H]1C[C@H](O)[C@]13C=C(CO)[C@H](CC[C@@H]21)C3. The highest BCUT2D eigenvalue weighted by Crippen LogP contribution is 2.70. The summed E-state index contributed by atoms with van der Waals surface area (Å²) in [5.41, 5.74) is -0.485. The summed E-state index contributed by atoms with van der Waals surface area (Å²) in [6.07, 6.45) is -0.420. The fourth-order valence-electron chi connectivity index (χ4n) is 8.78. The number of esters is 1. The van der Waals surface area contributed by atoms with E-state index in [2.05, 4.69) is 13.0 Å². The van der Waals surface area contributed by atoms with Gasteiger partial charge in [0.05, 0.1) is 24.7 Å². The zero-order valence-corrected chi connectivity index (χ0v) is 20.5. The molecule has 12 atom stereocenters. The molecule has 0 aromatic rings. The maximum Gasteiger partial charge on any atom is 0.314 e. The van der Waals surface area contributed by atoms with Gasteiger partial charge in [-0.3, -0.25) is 4.79 Å². The second-order valence-corrected chi connectivity index (χ2v) is 12.2. The molecule has 0 radical (unpaired) electrons. The molecular weight excluding hydrogens is 456 g/mol. The minimum absolute atomic E-state index is 0.0230. The Labute approximate surface area is 205 Å². The summed E-state index contributed by atoms with van der Waals surface area (Å²) in [7, 11) is 0. The largest absolute Gasteiger partial charge is 0.432 e. The number of carbonyl (C=O) groups excluding carboxylic acids is 1. The second kappa shape index (κ2) is 8.75. The molecule has 1 heterocycles. The third-order valence-electron chi connectivity index (χ3n) is 10.6. The smallest absolute Gasteiger partial charge is 0.314 e. The maximum atomic E-state index is 13.7. The van der Waals surface area contributed by atoms with Crippen LogP contribution in [0, 0.1) is 34.0 Å². The van der Waals surface area contributed by atoms with Crippen LogP contribution in [0.4, 0.5) is 0 Å². The zero-order chi connectivity index (χ0) is 25.3. The van der Waals surface area contributed by atoms with Crippen LogP contribution in [0.25, 0.3) is 0 Å². The first-order valence-corrected chi connectivity index (χ1v) is 13.0. The highest BCUT2D eigenvalue weighted by molar-refractivity contribution is 5.77. The lowest BCUT2D eigenvalue weighted by Gasteiger charge is -2.64. The van der Waals surface area contributed by atoms with Gasteiger partial charge in [0, 0.05) is 5.41 Å². The van der Waals surface area contributed by atoms with Gasteiger partial charge in [0.1, 0.15) is 24.4 Å². The summed E-state index contributed by atoms with van der Waals surface area (Å²) >= 11 is 0. The Morgan fingerprint density at radius 1 is 1.06 bits per heavy atom. The number of rotatable bonds is 4. The Morgan fingerprint density at radius 2 is 1.80 bits per heavy atom. The van der Waals surface area contributed by atoms with Gasteiger partial charge in [-0.05, 0) is 74.2 Å². The molecule has 5 aliphatic rings. The first kappa shape index (κ1) is 25.6. The van der Waals surface area contributed by atoms with E-state index in [-0.39, 0.29) is 29.3 Å². The van der Waals surface area contributed by atoms with Gasteiger partial charge in [0.25, 0.3) is 0 Å². The van der Waals surface area contributed by atoms with E-state index in [4.69, 9.17) is 9.47 Å². The van der Waals surface area contributed by atoms with Crippen LogP contribution < -0.4 is 0 Å². The molecule has 9 heteroatoms. The summed E-state index contributed by atoms with van der Waals surface area (Å²) in [5.74, 6) is -0.219. The number of aliphatic hydroxyl groups excluding tert-OH is 6. The molecule has 4 fully saturated rings. The fraction of sp³-hybridized carbons (Fsp3) is 0.885. The van der Waals surface area contributed by atoms with Gasteiger partial charge in [-0.2, -0.15) is 0 Å². The van der Waals surface area contributed by atoms with E-state index in [0.29, 0.717) is 18.8 Å². The van der Waals surface area contributed by atoms with Crippen molar-refractivity contribution < 1.29 is 44.9 Å². The lowest BCUT2D eigenvalue weighted by molar-refractivity contribution is -0.298. The minimum atomic E-state index is -1.65. The van der Waals surface area contributed by atoms with Crippen molar-refractivity contribution in [2.45, 2.75) is 95.6 Å². The van der Waals surface area contributed by atoms with E-state index in [1.54, 1.807) is 0 Å². The molecular formula is C26H40O9. The topological polar surface area (TPSA) is 157 Å². The maximum absolute atomic E-state index is 13.7. The Kier molecular flexibility index (Phi) is 6.40. The summed E-state index contributed by atoms with van der Waals surface area (Å²) in [6.45, 7) is 3.52. The number of fused-ring (bicyclic) bond motifs is 3. The van der Waals surface area contributed by atoms with E-state index < -0.39 is 54.8 Å². The van der Waals surface area contributed by atoms with Crippen molar-refractivity contribution in [3.63, 3.8) is 0 Å².